The van der Waals surface area contributed by atoms with Crippen LogP contribution in [0.4, 0.5) is 11.4 Å². The van der Waals surface area contributed by atoms with Gasteiger partial charge in [-0.3, -0.25) is 19.7 Å². The molecule has 0 radical (unpaired) electrons. The molecule has 2 aromatic rings. The molecule has 7 heteroatoms. The second-order valence-electron chi connectivity index (χ2n) is 5.93. The van der Waals surface area contributed by atoms with E-state index in [2.05, 4.69) is 5.32 Å². The number of Topliss-reactive ketones (excluding diaryl/α,β-unsaturated/α-hetero) is 1. The number of nitrogens with zero attached hydrogens (tertiary/aromatic N) is 1. The number of hydrogen-bond acceptors (Lipinski definition) is 5. The zero-order valence-electron chi connectivity index (χ0n) is 14.9. The van der Waals surface area contributed by atoms with Crippen molar-refractivity contribution in [3.05, 3.63) is 63.2 Å². The van der Waals surface area contributed by atoms with E-state index in [1.54, 1.807) is 25.1 Å². The van der Waals surface area contributed by atoms with E-state index < -0.39 is 4.92 Å². The molecule has 0 fully saturated rings. The number of ketones is 1. The molecule has 0 saturated heterocycles. The minimum Gasteiger partial charge on any atom is -0.496 e. The van der Waals surface area contributed by atoms with Gasteiger partial charge in [0.05, 0.1) is 23.3 Å². The van der Waals surface area contributed by atoms with Crippen LogP contribution in [0.2, 0.25) is 0 Å². The molecule has 0 saturated carbocycles. The molecule has 1 amide bonds. The third-order valence-corrected chi connectivity index (χ3v) is 3.94. The van der Waals surface area contributed by atoms with Gasteiger partial charge in [0.1, 0.15) is 5.75 Å². The lowest BCUT2D eigenvalue weighted by molar-refractivity contribution is -0.384. The third kappa shape index (κ3) is 4.66. The van der Waals surface area contributed by atoms with Gasteiger partial charge in [-0.2, -0.15) is 0 Å². The van der Waals surface area contributed by atoms with Crippen LogP contribution >= 0.6 is 0 Å². The van der Waals surface area contributed by atoms with E-state index in [0.29, 0.717) is 22.6 Å². The predicted molar refractivity (Wildman–Crippen MR) is 97.8 cm³/mol. The highest BCUT2D eigenvalue weighted by Gasteiger charge is 2.16. The maximum atomic E-state index is 12.4. The Hall–Kier alpha value is -3.22. The van der Waals surface area contributed by atoms with Crippen molar-refractivity contribution in [2.24, 2.45) is 0 Å². The summed E-state index contributed by atoms with van der Waals surface area (Å²) in [4.78, 5) is 34.9. The fourth-order valence-corrected chi connectivity index (χ4v) is 2.47. The van der Waals surface area contributed by atoms with Crippen LogP contribution in [0.1, 0.15) is 34.3 Å². The average molecular weight is 356 g/mol. The topological polar surface area (TPSA) is 98.5 Å². The first-order valence-electron chi connectivity index (χ1n) is 8.04. The molecule has 7 nitrogen and oxygen atoms in total. The van der Waals surface area contributed by atoms with Crippen molar-refractivity contribution < 1.29 is 19.2 Å². The third-order valence-electron chi connectivity index (χ3n) is 3.94. The lowest BCUT2D eigenvalue weighted by Crippen LogP contribution is -2.14. The maximum absolute atomic E-state index is 12.4. The highest BCUT2D eigenvalue weighted by molar-refractivity contribution is 6.02. The summed E-state index contributed by atoms with van der Waals surface area (Å²) in [5.41, 5.74) is 2.32. The number of nitro groups is 1. The molecule has 0 aliphatic heterocycles. The van der Waals surface area contributed by atoms with Gasteiger partial charge in [-0.25, -0.2) is 0 Å². The second kappa shape index (κ2) is 8.24. The Bertz CT molecular complexity index is 861. The lowest BCUT2D eigenvalue weighted by atomic mass is 10.0. The van der Waals surface area contributed by atoms with E-state index in [4.69, 9.17) is 4.74 Å². The molecule has 0 spiro atoms. The monoisotopic (exact) mass is 356 g/mol. The summed E-state index contributed by atoms with van der Waals surface area (Å²) in [5, 5.41) is 13.5. The highest BCUT2D eigenvalue weighted by Crippen LogP contribution is 2.23. The molecule has 136 valence electrons. The Balaban J connectivity index is 2.03. The quantitative estimate of drug-likeness (QED) is 0.462. The number of amides is 1. The number of benzene rings is 2. The zero-order valence-corrected chi connectivity index (χ0v) is 14.9. The van der Waals surface area contributed by atoms with Gasteiger partial charge in [-0.1, -0.05) is 17.7 Å². The van der Waals surface area contributed by atoms with Crippen LogP contribution in [0.5, 0.6) is 5.75 Å². The normalized spacial score (nSPS) is 10.3. The summed E-state index contributed by atoms with van der Waals surface area (Å²) in [5.74, 6) is -0.111. The van der Waals surface area contributed by atoms with E-state index in [0.717, 1.165) is 5.56 Å². The molecule has 2 aromatic carbocycles. The van der Waals surface area contributed by atoms with Gasteiger partial charge in [-0.15, -0.1) is 0 Å². The lowest BCUT2D eigenvalue weighted by Gasteiger charge is -2.10. The van der Waals surface area contributed by atoms with Crippen LogP contribution in [0.15, 0.2) is 36.4 Å². The molecule has 2 rings (SSSR count). The number of carbonyl (C=O) groups is 2. The summed E-state index contributed by atoms with van der Waals surface area (Å²) in [6.45, 7) is 3.61. The minimum absolute atomic E-state index is 0.0135. The van der Waals surface area contributed by atoms with E-state index >= 15 is 0 Å². The Kier molecular flexibility index (Phi) is 6.06. The number of aryl methyl sites for hydroxylation is 2. The van der Waals surface area contributed by atoms with Crippen molar-refractivity contribution in [3.63, 3.8) is 0 Å². The minimum atomic E-state index is -0.525. The van der Waals surface area contributed by atoms with Gasteiger partial charge >= 0.3 is 0 Å². The molecule has 0 atom stereocenters. The summed E-state index contributed by atoms with van der Waals surface area (Å²) in [6.07, 6.45) is -0.0162. The second-order valence-corrected chi connectivity index (χ2v) is 5.93. The number of methoxy groups -OCH3 is 1. The van der Waals surface area contributed by atoms with E-state index in [-0.39, 0.29) is 30.2 Å². The number of hydrogen-bond donors (Lipinski definition) is 1. The van der Waals surface area contributed by atoms with Crippen molar-refractivity contribution in [1.29, 1.82) is 0 Å². The van der Waals surface area contributed by atoms with Gasteiger partial charge in [0, 0.05) is 25.0 Å². The van der Waals surface area contributed by atoms with Crippen LogP contribution in [-0.2, 0) is 4.79 Å². The fraction of sp³-hybridized carbons (Fsp3) is 0.263. The number of anilines is 1. The first-order valence-corrected chi connectivity index (χ1v) is 8.04. The van der Waals surface area contributed by atoms with Gasteiger partial charge in [0.25, 0.3) is 5.69 Å². The molecule has 0 bridgehead atoms. The number of nitrogens with one attached hydrogen (secondary N) is 1. The molecule has 26 heavy (non-hydrogen) atoms. The molecule has 1 N–H and O–H groups in total. The number of rotatable bonds is 7. The molecular formula is C19H20N2O5. The summed E-state index contributed by atoms with van der Waals surface area (Å²) in [7, 11) is 1.49. The van der Waals surface area contributed by atoms with Gasteiger partial charge in [0.15, 0.2) is 5.78 Å². The smallest absolute Gasteiger partial charge is 0.271 e. The van der Waals surface area contributed by atoms with Crippen LogP contribution in [-0.4, -0.2) is 23.7 Å². The predicted octanol–water partition coefficient (Wildman–Crippen LogP) is 3.82. The Morgan fingerprint density at radius 3 is 2.50 bits per heavy atom. The maximum Gasteiger partial charge on any atom is 0.271 e. The van der Waals surface area contributed by atoms with Crippen LogP contribution in [0.25, 0.3) is 0 Å². The van der Waals surface area contributed by atoms with Crippen molar-refractivity contribution >= 4 is 23.1 Å². The average Bonchev–Trinajstić information content (AvgIpc) is 2.61. The van der Waals surface area contributed by atoms with E-state index in [1.165, 1.54) is 19.2 Å². The number of nitro benzene ring substituents is 1. The molecule has 0 unspecified atom stereocenters. The first-order chi connectivity index (χ1) is 12.3. The largest absolute Gasteiger partial charge is 0.496 e. The number of ether oxygens (including phenoxy) is 1. The fourth-order valence-electron chi connectivity index (χ4n) is 2.47. The van der Waals surface area contributed by atoms with E-state index in [9.17, 15) is 19.7 Å². The number of non-ortho nitro benzene ring substituents is 1. The Morgan fingerprint density at radius 1 is 1.12 bits per heavy atom. The zero-order chi connectivity index (χ0) is 19.3. The molecule has 0 aliphatic rings. The first kappa shape index (κ1) is 19.1. The molecular weight excluding hydrogens is 336 g/mol. The van der Waals surface area contributed by atoms with Crippen LogP contribution in [0.3, 0.4) is 0 Å². The van der Waals surface area contributed by atoms with Crippen molar-refractivity contribution in [2.45, 2.75) is 26.7 Å². The SMILES string of the molecule is COc1ccc(C)cc1C(=O)CCC(=O)Nc1cc([N+](=O)[O-])ccc1C. The van der Waals surface area contributed by atoms with Crippen molar-refractivity contribution in [3.8, 4) is 5.75 Å². The number of carbonyl (C=O) groups excluding carboxylic acids is 2. The van der Waals surface area contributed by atoms with Gasteiger partial charge < -0.3 is 10.1 Å². The van der Waals surface area contributed by atoms with Crippen molar-refractivity contribution in [1.82, 2.24) is 0 Å². The molecule has 0 aromatic heterocycles. The Labute approximate surface area is 151 Å². The van der Waals surface area contributed by atoms with Gasteiger partial charge in [0.2, 0.25) is 5.91 Å². The molecule has 0 heterocycles. The standard InChI is InChI=1S/C19H20N2O5/c1-12-4-8-18(26-3)15(10-12)17(22)7-9-19(23)20-16-11-14(21(24)25)6-5-13(16)2/h4-6,8,10-11H,7,9H2,1-3H3,(H,20,23). The summed E-state index contributed by atoms with van der Waals surface area (Å²) < 4.78 is 5.19. The van der Waals surface area contributed by atoms with Crippen molar-refractivity contribution in [2.75, 3.05) is 12.4 Å². The Morgan fingerprint density at radius 2 is 1.85 bits per heavy atom. The van der Waals surface area contributed by atoms with Crippen LogP contribution < -0.4 is 10.1 Å². The summed E-state index contributed by atoms with van der Waals surface area (Å²) in [6, 6.07) is 9.53. The highest BCUT2D eigenvalue weighted by atomic mass is 16.6. The molecule has 0 aliphatic carbocycles. The van der Waals surface area contributed by atoms with Crippen LogP contribution in [0, 0.1) is 24.0 Å². The van der Waals surface area contributed by atoms with E-state index in [1.807, 2.05) is 13.0 Å². The van der Waals surface area contributed by atoms with Gasteiger partial charge in [-0.05, 0) is 31.5 Å². The summed E-state index contributed by atoms with van der Waals surface area (Å²) >= 11 is 0.